The molecule has 67 heavy (non-hydrogen) atoms. The number of carbonyl (C=O) groups is 5. The van der Waals surface area contributed by atoms with Gasteiger partial charge in [0.15, 0.2) is 91.8 Å². The molecule has 0 radical (unpaired) electrons. The summed E-state index contributed by atoms with van der Waals surface area (Å²) in [6, 6.07) is 0.683. The van der Waals surface area contributed by atoms with Gasteiger partial charge in [0, 0.05) is 27.8 Å². The molecule has 6 rings (SSSR count). The van der Waals surface area contributed by atoms with E-state index in [4.69, 9.17) is 4.74 Å². The summed E-state index contributed by atoms with van der Waals surface area (Å²) in [5, 5.41) is 219. The Morgan fingerprint density at radius 3 is 0.791 bits per heavy atom. The highest BCUT2D eigenvalue weighted by atomic mass is 16.7. The van der Waals surface area contributed by atoms with Crippen LogP contribution in [0.15, 0.2) is 60.7 Å². The molecule has 5 aromatic carbocycles. The third-order valence-electron chi connectivity index (χ3n) is 11.0. The van der Waals surface area contributed by atoms with E-state index in [1.165, 1.54) is 0 Å². The lowest BCUT2D eigenvalue weighted by molar-refractivity contribution is -0.395. The summed E-state index contributed by atoms with van der Waals surface area (Å²) in [4.78, 5) is 75.9. The average molecular weight is 941 g/mol. The van der Waals surface area contributed by atoms with E-state index >= 15 is 19.2 Å². The predicted octanol–water partition coefficient (Wildman–Crippen LogP) is -1.37. The van der Waals surface area contributed by atoms with E-state index in [0.29, 0.717) is 0 Å². The summed E-state index contributed by atoms with van der Waals surface area (Å²) in [5.41, 5.74) is -29.1. The Morgan fingerprint density at radius 2 is 0.537 bits per heavy atom. The topological polar surface area (TPSA) is 499 Å². The summed E-state index contributed by atoms with van der Waals surface area (Å²) < 4.78 is 5.41. The summed E-state index contributed by atoms with van der Waals surface area (Å²) in [6.45, 7) is -2.60. The Morgan fingerprint density at radius 1 is 0.328 bits per heavy atom. The molecule has 20 N–H and O–H groups in total. The number of carbonyl (C=O) groups excluding carboxylic acids is 5. The number of aliphatic hydroxyl groups excluding tert-OH is 1. The summed E-state index contributed by atoms with van der Waals surface area (Å²) in [5.74, 6) is -41.2. The number of ketones is 5. The van der Waals surface area contributed by atoms with Crippen LogP contribution >= 0.6 is 0 Å². The normalized spacial score (nSPS) is 23.6. The van der Waals surface area contributed by atoms with Gasteiger partial charge in [-0.15, -0.1) is 0 Å². The van der Waals surface area contributed by atoms with Gasteiger partial charge in [0.2, 0.25) is 45.7 Å². The standard InChI is InChI=1S/C41H32O26/c42-11-37(32(58)12-1-17(43)27(53)18(44)2-12)38(63,33(59)13-3-19(45)28(54)20(46)4-13)39(64,34(60)14-5-21(47)29(55)22(48)6-14)40(65,35(61)15-7-23(49)30(56)24(50)8-15)41(66,67-37)36(62)16-9-25(51)31(57)26(52)10-16/h1-10,42-57,63-66H,11H2. The Bertz CT molecular complexity index is 2900. The molecule has 1 aliphatic heterocycles. The second-order valence-electron chi connectivity index (χ2n) is 14.8. The van der Waals surface area contributed by atoms with Gasteiger partial charge in [-0.05, 0) is 60.7 Å². The highest BCUT2D eigenvalue weighted by Gasteiger charge is 2.91. The van der Waals surface area contributed by atoms with Gasteiger partial charge in [0.1, 0.15) is 0 Å². The van der Waals surface area contributed by atoms with Crippen molar-refractivity contribution < 1.29 is 131 Å². The number of Topliss-reactive ketones (excluding diaryl/α,β-unsaturated/α-hetero) is 5. The lowest BCUT2D eigenvalue weighted by Gasteiger charge is -2.63. The monoisotopic (exact) mass is 940 g/mol. The number of phenols is 15. The molecule has 0 saturated carbocycles. The fourth-order valence-corrected chi connectivity index (χ4v) is 7.57. The number of phenolic OH excluding ortho intramolecular Hbond substituents is 15. The van der Waals surface area contributed by atoms with Crippen LogP contribution in [0.4, 0.5) is 0 Å². The molecule has 0 aromatic heterocycles. The largest absolute Gasteiger partial charge is 0.504 e. The number of aliphatic hydroxyl groups is 5. The molecule has 0 bridgehead atoms. The molecular weight excluding hydrogens is 908 g/mol. The maximum absolute atomic E-state index is 15.4. The third-order valence-corrected chi connectivity index (χ3v) is 11.0. The van der Waals surface area contributed by atoms with Gasteiger partial charge in [0.05, 0.1) is 6.61 Å². The van der Waals surface area contributed by atoms with Crippen LogP contribution in [0.1, 0.15) is 51.8 Å². The second kappa shape index (κ2) is 15.4. The second-order valence-corrected chi connectivity index (χ2v) is 14.8. The van der Waals surface area contributed by atoms with Gasteiger partial charge in [-0.2, -0.15) is 0 Å². The van der Waals surface area contributed by atoms with Gasteiger partial charge < -0.3 is 107 Å². The summed E-state index contributed by atoms with van der Waals surface area (Å²) in [6.07, 6.45) is 0. The van der Waals surface area contributed by atoms with Crippen LogP contribution in [-0.2, 0) is 4.74 Å². The first kappa shape index (κ1) is 47.7. The molecule has 1 heterocycles. The van der Waals surface area contributed by atoms with Crippen molar-refractivity contribution in [1.82, 2.24) is 0 Å². The average Bonchev–Trinajstić information content (AvgIpc) is 3.28. The van der Waals surface area contributed by atoms with E-state index in [1.54, 1.807) is 0 Å². The molecule has 1 aliphatic rings. The quantitative estimate of drug-likeness (QED) is 0.0536. The van der Waals surface area contributed by atoms with E-state index < -0.39 is 178 Å². The van der Waals surface area contributed by atoms with Gasteiger partial charge in [-0.3, -0.25) is 24.0 Å². The van der Waals surface area contributed by atoms with E-state index in [9.17, 15) is 107 Å². The number of hydrogen-bond donors (Lipinski definition) is 20. The summed E-state index contributed by atoms with van der Waals surface area (Å²) in [7, 11) is 0. The molecule has 5 atom stereocenters. The molecule has 0 amide bonds. The minimum atomic E-state index is -5.60. The van der Waals surface area contributed by atoms with Gasteiger partial charge in [-0.25, -0.2) is 0 Å². The lowest BCUT2D eigenvalue weighted by Crippen LogP contribution is -2.95. The van der Waals surface area contributed by atoms with Crippen molar-refractivity contribution >= 4 is 28.9 Å². The summed E-state index contributed by atoms with van der Waals surface area (Å²) >= 11 is 0. The van der Waals surface area contributed by atoms with Gasteiger partial charge >= 0.3 is 0 Å². The molecule has 1 saturated heterocycles. The first-order valence-corrected chi connectivity index (χ1v) is 18.1. The Hall–Kier alpha value is -8.79. The van der Waals surface area contributed by atoms with Crippen LogP contribution < -0.4 is 0 Å². The van der Waals surface area contributed by atoms with Gasteiger partial charge in [-0.1, -0.05) is 0 Å². The fraction of sp³-hybridized carbons (Fsp3) is 0.146. The zero-order valence-corrected chi connectivity index (χ0v) is 32.9. The van der Waals surface area contributed by atoms with Gasteiger partial charge in [0.25, 0.3) is 5.79 Å². The van der Waals surface area contributed by atoms with Crippen LogP contribution in [0.3, 0.4) is 0 Å². The number of aromatic hydroxyl groups is 15. The minimum absolute atomic E-state index is 0.0203. The molecule has 1 fully saturated rings. The molecule has 0 aliphatic carbocycles. The van der Waals surface area contributed by atoms with Crippen LogP contribution in [0.5, 0.6) is 86.2 Å². The van der Waals surface area contributed by atoms with E-state index in [1.807, 2.05) is 0 Å². The smallest absolute Gasteiger partial charge is 0.273 e. The SMILES string of the molecule is O=C(c1cc(O)c(O)c(O)c1)C1(O)OC(CO)(C(=O)c2cc(O)c(O)c(O)c2)C(O)(C(=O)c2cc(O)c(O)c(O)c2)C(O)(C(=O)c2cc(O)c(O)c(O)c2)C1(O)C(=O)c1cc(O)c(O)c(O)c1. The zero-order valence-electron chi connectivity index (χ0n) is 32.9. The minimum Gasteiger partial charge on any atom is -0.504 e. The van der Waals surface area contributed by atoms with E-state index in [2.05, 4.69) is 0 Å². The van der Waals surface area contributed by atoms with Crippen LogP contribution in [-0.4, -0.2) is 166 Å². The number of hydrogen-bond acceptors (Lipinski definition) is 26. The zero-order chi connectivity index (χ0) is 50.4. The predicted molar refractivity (Wildman–Crippen MR) is 210 cm³/mol. The Balaban J connectivity index is 1.94. The number of benzene rings is 5. The first-order valence-electron chi connectivity index (χ1n) is 18.1. The first-order chi connectivity index (χ1) is 30.9. The Labute approximate surface area is 368 Å². The fourth-order valence-electron chi connectivity index (χ4n) is 7.57. The lowest BCUT2D eigenvalue weighted by atomic mass is 9.51. The van der Waals surface area contributed by atoms with Crippen molar-refractivity contribution in [2.24, 2.45) is 0 Å². The molecule has 0 spiro atoms. The van der Waals surface area contributed by atoms with Crippen molar-refractivity contribution in [3.8, 4) is 86.2 Å². The van der Waals surface area contributed by atoms with Crippen molar-refractivity contribution in [3.05, 3.63) is 88.5 Å². The number of ether oxygens (including phenoxy) is 1. The van der Waals surface area contributed by atoms with Crippen LogP contribution in [0.2, 0.25) is 0 Å². The van der Waals surface area contributed by atoms with E-state index in [0.717, 1.165) is 0 Å². The van der Waals surface area contributed by atoms with Crippen molar-refractivity contribution in [2.75, 3.05) is 6.61 Å². The Kier molecular flexibility index (Phi) is 11.0. The maximum Gasteiger partial charge on any atom is 0.273 e. The molecule has 352 valence electrons. The molecule has 5 unspecified atom stereocenters. The third kappa shape index (κ3) is 6.31. The number of rotatable bonds is 11. The molecule has 26 heteroatoms. The van der Waals surface area contributed by atoms with Crippen LogP contribution in [0.25, 0.3) is 0 Å². The van der Waals surface area contributed by atoms with Crippen molar-refractivity contribution in [1.29, 1.82) is 0 Å². The van der Waals surface area contributed by atoms with Crippen LogP contribution in [0, 0.1) is 0 Å². The maximum atomic E-state index is 15.4. The van der Waals surface area contributed by atoms with Crippen molar-refractivity contribution in [2.45, 2.75) is 28.2 Å². The highest BCUT2D eigenvalue weighted by molar-refractivity contribution is 6.25. The van der Waals surface area contributed by atoms with E-state index in [-0.39, 0.29) is 60.7 Å². The molecular formula is C41H32O26. The molecule has 26 nitrogen and oxygen atoms in total. The molecule has 5 aromatic rings. The highest BCUT2D eigenvalue weighted by Crippen LogP contribution is 2.60. The van der Waals surface area contributed by atoms with Crippen molar-refractivity contribution in [3.63, 3.8) is 0 Å².